The molecule has 1 saturated carbocycles. The SMILES string of the molecule is Cc1cccc(Cn2nc(C3CC3)c(C#N)c2Cl)c1. The van der Waals surface area contributed by atoms with Gasteiger partial charge in [0.25, 0.3) is 0 Å². The van der Waals surface area contributed by atoms with Crippen LogP contribution in [0.1, 0.15) is 41.1 Å². The van der Waals surface area contributed by atoms with Gasteiger partial charge in [0, 0.05) is 5.92 Å². The Morgan fingerprint density at radius 3 is 2.89 bits per heavy atom. The van der Waals surface area contributed by atoms with Crippen LogP contribution in [0.5, 0.6) is 0 Å². The van der Waals surface area contributed by atoms with Crippen LogP contribution < -0.4 is 0 Å². The summed E-state index contributed by atoms with van der Waals surface area (Å²) in [7, 11) is 0. The highest BCUT2D eigenvalue weighted by Gasteiger charge is 2.31. The van der Waals surface area contributed by atoms with Crippen LogP contribution in [0.25, 0.3) is 0 Å². The molecule has 1 aromatic carbocycles. The first-order chi connectivity index (χ1) is 9.19. The highest BCUT2D eigenvalue weighted by Crippen LogP contribution is 2.42. The van der Waals surface area contributed by atoms with E-state index in [4.69, 9.17) is 11.6 Å². The Labute approximate surface area is 117 Å². The number of aromatic nitrogens is 2. The lowest BCUT2D eigenvalue weighted by Gasteiger charge is -2.04. The van der Waals surface area contributed by atoms with Crippen molar-refractivity contribution in [2.75, 3.05) is 0 Å². The molecular weight excluding hydrogens is 258 g/mol. The summed E-state index contributed by atoms with van der Waals surface area (Å²) < 4.78 is 1.74. The van der Waals surface area contributed by atoms with Crippen molar-refractivity contribution >= 4 is 11.6 Å². The molecule has 0 saturated heterocycles. The zero-order valence-electron chi connectivity index (χ0n) is 10.7. The first kappa shape index (κ1) is 12.3. The van der Waals surface area contributed by atoms with Crippen molar-refractivity contribution in [2.45, 2.75) is 32.2 Å². The van der Waals surface area contributed by atoms with Crippen molar-refractivity contribution in [3.8, 4) is 6.07 Å². The number of benzene rings is 1. The summed E-state index contributed by atoms with van der Waals surface area (Å²) in [5.74, 6) is 0.436. The third-order valence-corrected chi connectivity index (χ3v) is 3.79. The Bertz CT molecular complexity index is 663. The molecule has 0 radical (unpaired) electrons. The molecule has 0 atom stereocenters. The van der Waals surface area contributed by atoms with Crippen molar-refractivity contribution in [3.63, 3.8) is 0 Å². The van der Waals surface area contributed by atoms with Gasteiger partial charge in [0.1, 0.15) is 16.8 Å². The van der Waals surface area contributed by atoms with Crippen LogP contribution in [0.3, 0.4) is 0 Å². The van der Waals surface area contributed by atoms with Crippen molar-refractivity contribution in [2.24, 2.45) is 0 Å². The summed E-state index contributed by atoms with van der Waals surface area (Å²) in [6.07, 6.45) is 2.24. The van der Waals surface area contributed by atoms with Gasteiger partial charge in [0.05, 0.1) is 12.2 Å². The molecule has 0 amide bonds. The second-order valence-corrected chi connectivity index (χ2v) is 5.44. The van der Waals surface area contributed by atoms with E-state index in [1.807, 2.05) is 12.1 Å². The molecule has 1 aliphatic rings. The molecule has 1 aliphatic carbocycles. The number of nitriles is 1. The van der Waals surface area contributed by atoms with Crippen LogP contribution in [0.4, 0.5) is 0 Å². The molecule has 19 heavy (non-hydrogen) atoms. The maximum atomic E-state index is 9.21. The van der Waals surface area contributed by atoms with Crippen molar-refractivity contribution in [3.05, 3.63) is 51.8 Å². The highest BCUT2D eigenvalue weighted by molar-refractivity contribution is 6.30. The molecule has 1 heterocycles. The van der Waals surface area contributed by atoms with E-state index in [1.54, 1.807) is 4.68 Å². The summed E-state index contributed by atoms with van der Waals surface area (Å²) in [5.41, 5.74) is 3.79. The molecule has 96 valence electrons. The molecule has 3 nitrogen and oxygen atoms in total. The molecule has 1 fully saturated rings. The maximum Gasteiger partial charge on any atom is 0.145 e. The number of nitrogens with zero attached hydrogens (tertiary/aromatic N) is 3. The van der Waals surface area contributed by atoms with Gasteiger partial charge < -0.3 is 0 Å². The Morgan fingerprint density at radius 2 is 2.26 bits per heavy atom. The standard InChI is InChI=1S/C15H14ClN3/c1-10-3-2-4-11(7-10)9-19-15(16)13(8-17)14(18-19)12-5-6-12/h2-4,7,12H,5-6,9H2,1H3. The van der Waals surface area contributed by atoms with E-state index in [0.29, 0.717) is 23.2 Å². The third-order valence-electron chi connectivity index (χ3n) is 3.41. The molecule has 3 rings (SSSR count). The summed E-state index contributed by atoms with van der Waals surface area (Å²) in [4.78, 5) is 0. The van der Waals surface area contributed by atoms with Crippen LogP contribution in [0.15, 0.2) is 24.3 Å². The first-order valence-electron chi connectivity index (χ1n) is 6.41. The zero-order valence-corrected chi connectivity index (χ0v) is 11.5. The molecule has 0 aliphatic heterocycles. The zero-order chi connectivity index (χ0) is 13.4. The molecular formula is C15H14ClN3. The summed E-state index contributed by atoms with van der Waals surface area (Å²) in [6, 6.07) is 10.4. The van der Waals surface area contributed by atoms with Gasteiger partial charge in [-0.05, 0) is 25.3 Å². The summed E-state index contributed by atoms with van der Waals surface area (Å²) in [5, 5.41) is 14.2. The van der Waals surface area contributed by atoms with Crippen LogP contribution in [0, 0.1) is 18.3 Å². The minimum atomic E-state index is 0.436. The quantitative estimate of drug-likeness (QED) is 0.855. The van der Waals surface area contributed by atoms with Gasteiger partial charge in [0.2, 0.25) is 0 Å². The Morgan fingerprint density at radius 1 is 1.47 bits per heavy atom. The fourth-order valence-corrected chi connectivity index (χ4v) is 2.53. The largest absolute Gasteiger partial charge is 0.248 e. The van der Waals surface area contributed by atoms with Crippen LogP contribution in [-0.4, -0.2) is 9.78 Å². The van der Waals surface area contributed by atoms with E-state index >= 15 is 0 Å². The van der Waals surface area contributed by atoms with E-state index < -0.39 is 0 Å². The topological polar surface area (TPSA) is 41.6 Å². The highest BCUT2D eigenvalue weighted by atomic mass is 35.5. The lowest BCUT2D eigenvalue weighted by Crippen LogP contribution is -2.02. The third kappa shape index (κ3) is 2.36. The smallest absolute Gasteiger partial charge is 0.145 e. The normalized spacial score (nSPS) is 14.4. The average molecular weight is 272 g/mol. The van der Waals surface area contributed by atoms with E-state index in [2.05, 4.69) is 30.2 Å². The molecule has 0 unspecified atom stereocenters. The first-order valence-corrected chi connectivity index (χ1v) is 6.78. The molecule has 2 aromatic rings. The predicted octanol–water partition coefficient (Wildman–Crippen LogP) is 3.64. The van der Waals surface area contributed by atoms with Gasteiger partial charge in [-0.2, -0.15) is 10.4 Å². The number of hydrogen-bond donors (Lipinski definition) is 0. The minimum Gasteiger partial charge on any atom is -0.248 e. The molecule has 0 spiro atoms. The monoisotopic (exact) mass is 271 g/mol. The van der Waals surface area contributed by atoms with E-state index in [1.165, 1.54) is 5.56 Å². The maximum absolute atomic E-state index is 9.21. The Balaban J connectivity index is 1.95. The molecule has 4 heteroatoms. The lowest BCUT2D eigenvalue weighted by molar-refractivity contribution is 0.672. The molecule has 0 bridgehead atoms. The van der Waals surface area contributed by atoms with Crippen molar-refractivity contribution < 1.29 is 0 Å². The van der Waals surface area contributed by atoms with Gasteiger partial charge >= 0.3 is 0 Å². The second kappa shape index (κ2) is 4.71. The van der Waals surface area contributed by atoms with E-state index in [0.717, 1.165) is 24.1 Å². The molecule has 0 N–H and O–H groups in total. The summed E-state index contributed by atoms with van der Waals surface area (Å²) >= 11 is 6.27. The number of halogens is 1. The van der Waals surface area contributed by atoms with Gasteiger partial charge in [-0.25, -0.2) is 4.68 Å². The van der Waals surface area contributed by atoms with Crippen molar-refractivity contribution in [1.29, 1.82) is 5.26 Å². The minimum absolute atomic E-state index is 0.436. The van der Waals surface area contributed by atoms with Gasteiger partial charge in [0.15, 0.2) is 0 Å². The van der Waals surface area contributed by atoms with Gasteiger partial charge in [-0.1, -0.05) is 41.4 Å². The predicted molar refractivity (Wildman–Crippen MR) is 74.2 cm³/mol. The van der Waals surface area contributed by atoms with Crippen LogP contribution in [-0.2, 0) is 6.54 Å². The van der Waals surface area contributed by atoms with E-state index in [9.17, 15) is 5.26 Å². The Kier molecular flexibility index (Phi) is 3.04. The van der Waals surface area contributed by atoms with Crippen molar-refractivity contribution in [1.82, 2.24) is 9.78 Å². The number of hydrogen-bond acceptors (Lipinski definition) is 2. The van der Waals surface area contributed by atoms with Gasteiger partial charge in [-0.3, -0.25) is 0 Å². The number of rotatable bonds is 3. The van der Waals surface area contributed by atoms with Crippen LogP contribution >= 0.6 is 11.6 Å². The average Bonchev–Trinajstić information content (AvgIpc) is 3.17. The summed E-state index contributed by atoms with van der Waals surface area (Å²) in [6.45, 7) is 2.67. The second-order valence-electron chi connectivity index (χ2n) is 5.08. The van der Waals surface area contributed by atoms with Gasteiger partial charge in [-0.15, -0.1) is 0 Å². The fourth-order valence-electron chi connectivity index (χ4n) is 2.29. The number of aryl methyl sites for hydroxylation is 1. The van der Waals surface area contributed by atoms with E-state index in [-0.39, 0.29) is 0 Å². The molecule has 1 aromatic heterocycles. The Hall–Kier alpha value is -1.79. The van der Waals surface area contributed by atoms with Crippen LogP contribution in [0.2, 0.25) is 5.15 Å². The lowest BCUT2D eigenvalue weighted by atomic mass is 10.1. The fraction of sp³-hybridized carbons (Fsp3) is 0.333.